The van der Waals surface area contributed by atoms with Gasteiger partial charge in [-0.15, -0.1) is 11.3 Å². The van der Waals surface area contributed by atoms with Gasteiger partial charge in [-0.1, -0.05) is 11.6 Å². The van der Waals surface area contributed by atoms with Gasteiger partial charge in [-0.05, 0) is 25.1 Å². The number of hydrogen-bond acceptors (Lipinski definition) is 4. The van der Waals surface area contributed by atoms with E-state index in [1.165, 1.54) is 24.5 Å². The minimum Gasteiger partial charge on any atom is -0.438 e. The van der Waals surface area contributed by atoms with E-state index in [1.54, 1.807) is 11.3 Å². The van der Waals surface area contributed by atoms with Crippen molar-refractivity contribution in [3.05, 3.63) is 46.3 Å². The highest BCUT2D eigenvalue weighted by molar-refractivity contribution is 7.18. The summed E-state index contributed by atoms with van der Waals surface area (Å²) in [4.78, 5) is 10.3. The predicted octanol–water partition coefficient (Wildman–Crippen LogP) is 4.58. The molecule has 3 nitrogen and oxygen atoms in total. The van der Waals surface area contributed by atoms with Gasteiger partial charge in [-0.3, -0.25) is 0 Å². The molecule has 1 aromatic carbocycles. The summed E-state index contributed by atoms with van der Waals surface area (Å²) in [6, 6.07) is 6.15. The van der Waals surface area contributed by atoms with Gasteiger partial charge in [0.25, 0.3) is 0 Å². The first-order valence-electron chi connectivity index (χ1n) is 5.47. The van der Waals surface area contributed by atoms with Crippen LogP contribution in [0, 0.1) is 12.7 Å². The van der Waals surface area contributed by atoms with Crippen LogP contribution in [0.15, 0.2) is 30.6 Å². The van der Waals surface area contributed by atoms with Crippen molar-refractivity contribution in [3.63, 3.8) is 0 Å². The van der Waals surface area contributed by atoms with E-state index in [-0.39, 0.29) is 5.02 Å². The molecule has 0 spiro atoms. The van der Waals surface area contributed by atoms with Crippen molar-refractivity contribution in [2.24, 2.45) is 0 Å². The monoisotopic (exact) mass is 294 g/mol. The zero-order valence-corrected chi connectivity index (χ0v) is 11.4. The Bertz CT molecular complexity index is 759. The number of hydrogen-bond donors (Lipinski definition) is 0. The van der Waals surface area contributed by atoms with E-state index in [2.05, 4.69) is 9.97 Å². The van der Waals surface area contributed by atoms with Crippen molar-refractivity contribution in [2.75, 3.05) is 0 Å². The Labute approximate surface area is 117 Å². The predicted molar refractivity (Wildman–Crippen MR) is 73.6 cm³/mol. The molecule has 0 aliphatic rings. The number of rotatable bonds is 2. The largest absolute Gasteiger partial charge is 0.438 e. The molecule has 0 amide bonds. The van der Waals surface area contributed by atoms with E-state index in [9.17, 15) is 4.39 Å². The van der Waals surface area contributed by atoms with Crippen molar-refractivity contribution < 1.29 is 9.13 Å². The second kappa shape index (κ2) is 4.75. The third-order valence-corrected chi connectivity index (χ3v) is 3.77. The van der Waals surface area contributed by atoms with E-state index >= 15 is 0 Å². The standard InChI is InChI=1S/C13H8ClFN2OS/c1-7-4-9-12(16-6-17-13(9)19-7)18-8-2-3-11(15)10(14)5-8/h2-6H,1H3. The van der Waals surface area contributed by atoms with E-state index in [0.717, 1.165) is 15.1 Å². The molecule has 0 radical (unpaired) electrons. The van der Waals surface area contributed by atoms with Crippen LogP contribution in [0.4, 0.5) is 4.39 Å². The number of fused-ring (bicyclic) bond motifs is 1. The Morgan fingerprint density at radius 1 is 1.26 bits per heavy atom. The smallest absolute Gasteiger partial charge is 0.231 e. The lowest BCUT2D eigenvalue weighted by Gasteiger charge is -2.05. The molecule has 0 bridgehead atoms. The van der Waals surface area contributed by atoms with Crippen LogP contribution in [0.5, 0.6) is 11.6 Å². The molecule has 96 valence electrons. The molecule has 3 aromatic rings. The number of nitrogens with zero attached hydrogens (tertiary/aromatic N) is 2. The Morgan fingerprint density at radius 3 is 2.89 bits per heavy atom. The fraction of sp³-hybridized carbons (Fsp3) is 0.0769. The molecule has 0 saturated heterocycles. The van der Waals surface area contributed by atoms with Crippen LogP contribution in [-0.4, -0.2) is 9.97 Å². The number of aromatic nitrogens is 2. The number of aryl methyl sites for hydroxylation is 1. The average Bonchev–Trinajstić information content (AvgIpc) is 2.75. The first-order valence-corrected chi connectivity index (χ1v) is 6.67. The Kier molecular flexibility index (Phi) is 3.08. The van der Waals surface area contributed by atoms with Gasteiger partial charge in [0, 0.05) is 10.9 Å². The first-order chi connectivity index (χ1) is 9.13. The highest BCUT2D eigenvalue weighted by Crippen LogP contribution is 2.32. The van der Waals surface area contributed by atoms with Gasteiger partial charge < -0.3 is 4.74 Å². The summed E-state index contributed by atoms with van der Waals surface area (Å²) in [5.74, 6) is 0.403. The second-order valence-corrected chi connectivity index (χ2v) is 5.57. The first kappa shape index (κ1) is 12.3. The van der Waals surface area contributed by atoms with Crippen molar-refractivity contribution in [1.29, 1.82) is 0 Å². The normalized spacial score (nSPS) is 10.9. The van der Waals surface area contributed by atoms with E-state index in [1.807, 2.05) is 13.0 Å². The molecule has 2 heterocycles. The zero-order chi connectivity index (χ0) is 13.4. The fourth-order valence-electron chi connectivity index (χ4n) is 1.69. The van der Waals surface area contributed by atoms with Gasteiger partial charge in [0.05, 0.1) is 10.4 Å². The maximum Gasteiger partial charge on any atom is 0.231 e. The van der Waals surface area contributed by atoms with Crippen LogP contribution in [0.25, 0.3) is 10.2 Å². The Hall–Kier alpha value is -1.72. The lowest BCUT2D eigenvalue weighted by Crippen LogP contribution is -1.90. The summed E-state index contributed by atoms with van der Waals surface area (Å²) < 4.78 is 18.7. The molecule has 0 atom stereocenters. The topological polar surface area (TPSA) is 35.0 Å². The van der Waals surface area contributed by atoms with E-state index in [4.69, 9.17) is 16.3 Å². The zero-order valence-electron chi connectivity index (χ0n) is 9.85. The number of ether oxygens (including phenoxy) is 1. The third kappa shape index (κ3) is 2.39. The summed E-state index contributed by atoms with van der Waals surface area (Å²) in [6.45, 7) is 1.99. The molecular weight excluding hydrogens is 287 g/mol. The molecule has 0 saturated carbocycles. The van der Waals surface area contributed by atoms with Gasteiger partial charge in [0.2, 0.25) is 5.88 Å². The van der Waals surface area contributed by atoms with Crippen LogP contribution < -0.4 is 4.74 Å². The SMILES string of the molecule is Cc1cc2c(Oc3ccc(F)c(Cl)c3)ncnc2s1. The fourth-order valence-corrected chi connectivity index (χ4v) is 2.70. The van der Waals surface area contributed by atoms with Gasteiger partial charge in [-0.25, -0.2) is 14.4 Å². The quantitative estimate of drug-likeness (QED) is 0.693. The average molecular weight is 295 g/mol. The Morgan fingerprint density at radius 2 is 2.11 bits per heavy atom. The molecule has 0 aliphatic heterocycles. The highest BCUT2D eigenvalue weighted by atomic mass is 35.5. The van der Waals surface area contributed by atoms with Crippen molar-refractivity contribution in [1.82, 2.24) is 9.97 Å². The summed E-state index contributed by atoms with van der Waals surface area (Å²) >= 11 is 7.28. The maximum absolute atomic E-state index is 13.1. The van der Waals surface area contributed by atoms with Crippen LogP contribution in [0.2, 0.25) is 5.02 Å². The number of benzene rings is 1. The van der Waals surface area contributed by atoms with Gasteiger partial charge >= 0.3 is 0 Å². The molecular formula is C13H8ClFN2OS. The molecule has 0 fully saturated rings. The molecule has 2 aromatic heterocycles. The Balaban J connectivity index is 2.02. The van der Waals surface area contributed by atoms with Gasteiger partial charge in [0.15, 0.2) is 0 Å². The summed E-state index contributed by atoms with van der Waals surface area (Å²) in [5, 5.41) is 0.856. The molecule has 0 N–H and O–H groups in total. The molecule has 0 unspecified atom stereocenters. The summed E-state index contributed by atoms with van der Waals surface area (Å²) in [7, 11) is 0. The lowest BCUT2D eigenvalue weighted by molar-refractivity contribution is 0.466. The number of halogens is 2. The van der Waals surface area contributed by atoms with Gasteiger partial charge in [0.1, 0.15) is 22.7 Å². The minimum absolute atomic E-state index is 0.0179. The molecule has 3 rings (SSSR count). The maximum atomic E-state index is 13.1. The second-order valence-electron chi connectivity index (χ2n) is 3.93. The molecule has 19 heavy (non-hydrogen) atoms. The lowest BCUT2D eigenvalue weighted by atomic mass is 10.3. The van der Waals surface area contributed by atoms with Crippen LogP contribution in [-0.2, 0) is 0 Å². The van der Waals surface area contributed by atoms with Crippen LogP contribution in [0.1, 0.15) is 4.88 Å². The highest BCUT2D eigenvalue weighted by Gasteiger charge is 2.10. The van der Waals surface area contributed by atoms with Crippen molar-refractivity contribution >= 4 is 33.2 Å². The number of thiophene rings is 1. The van der Waals surface area contributed by atoms with Crippen LogP contribution >= 0.6 is 22.9 Å². The summed E-state index contributed by atoms with van der Waals surface area (Å²) in [5.41, 5.74) is 0. The van der Waals surface area contributed by atoms with E-state index in [0.29, 0.717) is 11.6 Å². The third-order valence-electron chi connectivity index (χ3n) is 2.52. The van der Waals surface area contributed by atoms with Crippen molar-refractivity contribution in [2.45, 2.75) is 6.92 Å². The van der Waals surface area contributed by atoms with E-state index < -0.39 is 5.82 Å². The summed E-state index contributed by atoms with van der Waals surface area (Å²) in [6.07, 6.45) is 1.44. The van der Waals surface area contributed by atoms with Crippen LogP contribution in [0.3, 0.4) is 0 Å². The minimum atomic E-state index is -0.478. The molecule has 6 heteroatoms. The molecule has 0 aliphatic carbocycles. The van der Waals surface area contributed by atoms with Gasteiger partial charge in [-0.2, -0.15) is 0 Å². The van der Waals surface area contributed by atoms with Crippen molar-refractivity contribution in [3.8, 4) is 11.6 Å².